The van der Waals surface area contributed by atoms with Crippen LogP contribution in [0.15, 0.2) is 0 Å². The molecule has 0 aromatic heterocycles. The van der Waals surface area contributed by atoms with Crippen LogP contribution in [-0.4, -0.2) is 26.0 Å². The Balaban J connectivity index is 3.15. The van der Waals surface area contributed by atoms with Crippen molar-refractivity contribution >= 4 is 5.91 Å². The largest absolute Gasteiger partial charge is 0.356 e. The Morgan fingerprint density at radius 2 is 2.25 bits per heavy atom. The highest BCUT2D eigenvalue weighted by Crippen LogP contribution is 1.85. The van der Waals surface area contributed by atoms with Crippen molar-refractivity contribution in [3.63, 3.8) is 0 Å². The average molecular weight is 168 g/mol. The van der Waals surface area contributed by atoms with Crippen LogP contribution in [0.1, 0.15) is 19.3 Å². The summed E-state index contributed by atoms with van der Waals surface area (Å²) in [5, 5.41) is 5.78. The predicted molar refractivity (Wildman–Crippen MR) is 49.6 cm³/mol. The van der Waals surface area contributed by atoms with E-state index in [4.69, 9.17) is 6.42 Å². The lowest BCUT2D eigenvalue weighted by molar-refractivity contribution is -0.120. The minimum Gasteiger partial charge on any atom is -0.356 e. The SMILES string of the molecule is C#CCCC(=O)NCCCNC. The number of nitrogens with one attached hydrogen (secondary N) is 2. The van der Waals surface area contributed by atoms with Crippen LogP contribution in [-0.2, 0) is 4.79 Å². The Hall–Kier alpha value is -1.01. The van der Waals surface area contributed by atoms with Gasteiger partial charge in [0.15, 0.2) is 0 Å². The first kappa shape index (κ1) is 11.0. The van der Waals surface area contributed by atoms with E-state index in [0.717, 1.165) is 19.5 Å². The fourth-order valence-electron chi connectivity index (χ4n) is 0.767. The van der Waals surface area contributed by atoms with Gasteiger partial charge in [0.05, 0.1) is 0 Å². The maximum atomic E-state index is 10.9. The van der Waals surface area contributed by atoms with Gasteiger partial charge in [0.1, 0.15) is 0 Å². The second-order valence-electron chi connectivity index (χ2n) is 2.51. The zero-order chi connectivity index (χ0) is 9.23. The lowest BCUT2D eigenvalue weighted by Gasteiger charge is -2.02. The molecule has 0 aliphatic rings. The van der Waals surface area contributed by atoms with E-state index in [9.17, 15) is 4.79 Å². The summed E-state index contributed by atoms with van der Waals surface area (Å²) >= 11 is 0. The molecule has 3 heteroatoms. The van der Waals surface area contributed by atoms with Gasteiger partial charge in [-0.2, -0.15) is 0 Å². The van der Waals surface area contributed by atoms with Crippen molar-refractivity contribution in [2.24, 2.45) is 0 Å². The van der Waals surface area contributed by atoms with Crippen LogP contribution < -0.4 is 10.6 Å². The third-order valence-corrected chi connectivity index (χ3v) is 1.42. The van der Waals surface area contributed by atoms with Crippen LogP contribution in [0.3, 0.4) is 0 Å². The number of hydrogen-bond acceptors (Lipinski definition) is 2. The van der Waals surface area contributed by atoms with Crippen LogP contribution in [0.2, 0.25) is 0 Å². The average Bonchev–Trinajstić information content (AvgIpc) is 2.09. The quantitative estimate of drug-likeness (QED) is 0.437. The summed E-state index contributed by atoms with van der Waals surface area (Å²) in [4.78, 5) is 10.9. The van der Waals surface area contributed by atoms with Crippen molar-refractivity contribution in [1.82, 2.24) is 10.6 Å². The van der Waals surface area contributed by atoms with Gasteiger partial charge in [-0.05, 0) is 20.0 Å². The fourth-order valence-corrected chi connectivity index (χ4v) is 0.767. The van der Waals surface area contributed by atoms with Crippen LogP contribution in [0, 0.1) is 12.3 Å². The number of carbonyl (C=O) groups excluding carboxylic acids is 1. The van der Waals surface area contributed by atoms with Gasteiger partial charge in [0.2, 0.25) is 5.91 Å². The molecule has 0 aliphatic carbocycles. The zero-order valence-electron chi connectivity index (χ0n) is 7.52. The van der Waals surface area contributed by atoms with E-state index in [1.54, 1.807) is 0 Å². The molecular formula is C9H16N2O. The van der Waals surface area contributed by atoms with Gasteiger partial charge in [0.25, 0.3) is 0 Å². The third-order valence-electron chi connectivity index (χ3n) is 1.42. The van der Waals surface area contributed by atoms with Gasteiger partial charge in [-0.25, -0.2) is 0 Å². The highest BCUT2D eigenvalue weighted by atomic mass is 16.1. The second-order valence-corrected chi connectivity index (χ2v) is 2.51. The first-order chi connectivity index (χ1) is 5.81. The molecule has 2 N–H and O–H groups in total. The van der Waals surface area contributed by atoms with Crippen molar-refractivity contribution in [1.29, 1.82) is 0 Å². The summed E-state index contributed by atoms with van der Waals surface area (Å²) in [7, 11) is 1.89. The standard InChI is InChI=1S/C9H16N2O/c1-3-4-6-9(12)11-8-5-7-10-2/h1,10H,4-8H2,2H3,(H,11,12). The summed E-state index contributed by atoms with van der Waals surface area (Å²) in [5.74, 6) is 2.47. The van der Waals surface area contributed by atoms with Gasteiger partial charge in [-0.3, -0.25) is 4.79 Å². The van der Waals surface area contributed by atoms with Crippen molar-refractivity contribution in [3.05, 3.63) is 0 Å². The van der Waals surface area contributed by atoms with Crippen LogP contribution in [0.25, 0.3) is 0 Å². The Bertz CT molecular complexity index is 160. The van der Waals surface area contributed by atoms with E-state index in [-0.39, 0.29) is 5.91 Å². The molecule has 0 rings (SSSR count). The smallest absolute Gasteiger partial charge is 0.220 e. The van der Waals surface area contributed by atoms with E-state index in [2.05, 4.69) is 16.6 Å². The molecule has 0 saturated heterocycles. The minimum atomic E-state index is 0.0454. The first-order valence-corrected chi connectivity index (χ1v) is 4.16. The summed E-state index contributed by atoms with van der Waals surface area (Å²) in [6, 6.07) is 0. The van der Waals surface area contributed by atoms with Crippen molar-refractivity contribution in [2.75, 3.05) is 20.1 Å². The molecule has 0 fully saturated rings. The number of terminal acetylenes is 1. The number of rotatable bonds is 6. The van der Waals surface area contributed by atoms with E-state index in [1.165, 1.54) is 0 Å². The highest BCUT2D eigenvalue weighted by molar-refractivity contribution is 5.76. The van der Waals surface area contributed by atoms with Crippen molar-refractivity contribution < 1.29 is 4.79 Å². The zero-order valence-corrected chi connectivity index (χ0v) is 7.52. The normalized spacial score (nSPS) is 9.00. The van der Waals surface area contributed by atoms with Gasteiger partial charge in [0, 0.05) is 19.4 Å². The summed E-state index contributed by atoms with van der Waals surface area (Å²) in [6.45, 7) is 1.65. The topological polar surface area (TPSA) is 41.1 Å². The van der Waals surface area contributed by atoms with Crippen molar-refractivity contribution in [3.8, 4) is 12.3 Å². The molecule has 0 aliphatic heterocycles. The molecule has 0 bridgehead atoms. The molecule has 3 nitrogen and oxygen atoms in total. The van der Waals surface area contributed by atoms with Gasteiger partial charge in [-0.15, -0.1) is 12.3 Å². The third kappa shape index (κ3) is 7.10. The molecule has 0 aromatic carbocycles. The maximum Gasteiger partial charge on any atom is 0.220 e. The first-order valence-electron chi connectivity index (χ1n) is 4.16. The van der Waals surface area contributed by atoms with Gasteiger partial charge < -0.3 is 10.6 Å². The summed E-state index contributed by atoms with van der Waals surface area (Å²) in [5.41, 5.74) is 0. The molecule has 68 valence electrons. The minimum absolute atomic E-state index is 0.0454. The molecule has 12 heavy (non-hydrogen) atoms. The molecular weight excluding hydrogens is 152 g/mol. The maximum absolute atomic E-state index is 10.9. The summed E-state index contributed by atoms with van der Waals surface area (Å²) in [6.07, 6.45) is 6.94. The molecule has 1 amide bonds. The number of carbonyl (C=O) groups is 1. The van der Waals surface area contributed by atoms with E-state index < -0.39 is 0 Å². The number of hydrogen-bond donors (Lipinski definition) is 2. The van der Waals surface area contributed by atoms with E-state index in [0.29, 0.717) is 12.8 Å². The lowest BCUT2D eigenvalue weighted by atomic mass is 10.3. The molecule has 0 heterocycles. The molecule has 0 aromatic rings. The molecule has 0 radical (unpaired) electrons. The Morgan fingerprint density at radius 3 is 2.83 bits per heavy atom. The van der Waals surface area contributed by atoms with Crippen LogP contribution in [0.5, 0.6) is 0 Å². The Labute approximate surface area is 73.9 Å². The summed E-state index contributed by atoms with van der Waals surface area (Å²) < 4.78 is 0. The van der Waals surface area contributed by atoms with Crippen molar-refractivity contribution in [2.45, 2.75) is 19.3 Å². The van der Waals surface area contributed by atoms with Gasteiger partial charge >= 0.3 is 0 Å². The van der Waals surface area contributed by atoms with Crippen LogP contribution >= 0.6 is 0 Å². The van der Waals surface area contributed by atoms with Gasteiger partial charge in [-0.1, -0.05) is 0 Å². The lowest BCUT2D eigenvalue weighted by Crippen LogP contribution is -2.26. The Morgan fingerprint density at radius 1 is 1.50 bits per heavy atom. The Kier molecular flexibility index (Phi) is 7.41. The highest BCUT2D eigenvalue weighted by Gasteiger charge is 1.96. The monoisotopic (exact) mass is 168 g/mol. The van der Waals surface area contributed by atoms with Crippen LogP contribution in [0.4, 0.5) is 0 Å². The van der Waals surface area contributed by atoms with E-state index in [1.807, 2.05) is 7.05 Å². The fraction of sp³-hybridized carbons (Fsp3) is 0.667. The van der Waals surface area contributed by atoms with E-state index >= 15 is 0 Å². The molecule has 0 saturated carbocycles. The second kappa shape index (κ2) is 8.09. The number of amides is 1. The predicted octanol–water partition coefficient (Wildman–Crippen LogP) is 0.126. The molecule has 0 spiro atoms. The molecule has 0 atom stereocenters. The molecule has 0 unspecified atom stereocenters.